The van der Waals surface area contributed by atoms with E-state index in [-0.39, 0.29) is 17.1 Å². The molecular weight excluding hydrogens is 396 g/mol. The fraction of sp³-hybridized carbons (Fsp3) is 0.125. The summed E-state index contributed by atoms with van der Waals surface area (Å²) < 4.78 is 11.2. The Hall–Kier alpha value is -4.13. The van der Waals surface area contributed by atoms with Gasteiger partial charge in [0.15, 0.2) is 22.9 Å². The number of aromatic carboxylic acids is 1. The summed E-state index contributed by atoms with van der Waals surface area (Å²) in [4.78, 5) is 29.4. The Morgan fingerprint density at radius 2 is 1.90 bits per heavy atom. The molecule has 2 aromatic heterocycles. The minimum Gasteiger partial charge on any atom is -0.493 e. The highest BCUT2D eigenvalue weighted by molar-refractivity contribution is 6.03. The predicted molar refractivity (Wildman–Crippen MR) is 116 cm³/mol. The van der Waals surface area contributed by atoms with Gasteiger partial charge in [0.2, 0.25) is 0 Å². The van der Waals surface area contributed by atoms with Crippen LogP contribution < -0.4 is 9.64 Å². The number of ether oxygens (including phenoxy) is 1. The maximum Gasteiger partial charge on any atom is 0.335 e. The lowest BCUT2D eigenvalue weighted by Crippen LogP contribution is -2.17. The molecule has 7 heteroatoms. The highest BCUT2D eigenvalue weighted by atomic mass is 16.5. The number of hydrogen-bond donors (Lipinski definition) is 1. The van der Waals surface area contributed by atoms with Crippen LogP contribution in [0.15, 0.2) is 71.4 Å². The van der Waals surface area contributed by atoms with E-state index >= 15 is 0 Å². The van der Waals surface area contributed by atoms with E-state index in [1.165, 1.54) is 6.92 Å². The van der Waals surface area contributed by atoms with Gasteiger partial charge in [-0.25, -0.2) is 4.79 Å². The summed E-state index contributed by atoms with van der Waals surface area (Å²) in [7, 11) is 1.54. The zero-order valence-electron chi connectivity index (χ0n) is 17.0. The SMILES string of the molecule is COc1ccc(N(Cc2cccnc2)c2ccc(C(=O)O)cc2)c2cc(C(C)=O)oc12. The van der Waals surface area contributed by atoms with Crippen LogP contribution in [0, 0.1) is 0 Å². The Kier molecular flexibility index (Phi) is 5.41. The standard InChI is InChI=1S/C24H20N2O5/c1-15(27)22-12-19-20(9-10-21(30-2)23(19)31-22)26(14-16-4-3-11-25-13-16)18-7-5-17(6-8-18)24(28)29/h3-13H,14H2,1-2H3,(H,28,29). The van der Waals surface area contributed by atoms with E-state index in [9.17, 15) is 14.7 Å². The number of anilines is 2. The van der Waals surface area contributed by atoms with Crippen molar-refractivity contribution in [3.63, 3.8) is 0 Å². The molecule has 2 aromatic carbocycles. The molecule has 2 heterocycles. The van der Waals surface area contributed by atoms with Gasteiger partial charge in [0.05, 0.1) is 18.4 Å². The van der Waals surface area contributed by atoms with E-state index in [0.29, 0.717) is 17.9 Å². The summed E-state index contributed by atoms with van der Waals surface area (Å²) in [5.74, 6) is -0.413. The van der Waals surface area contributed by atoms with Gasteiger partial charge in [-0.05, 0) is 54.1 Å². The monoisotopic (exact) mass is 416 g/mol. The second kappa shape index (κ2) is 8.31. The average molecular weight is 416 g/mol. The highest BCUT2D eigenvalue weighted by Crippen LogP contribution is 2.39. The van der Waals surface area contributed by atoms with Gasteiger partial charge in [0.25, 0.3) is 0 Å². The fourth-order valence-corrected chi connectivity index (χ4v) is 3.43. The number of methoxy groups -OCH3 is 1. The first-order valence-corrected chi connectivity index (χ1v) is 9.59. The molecule has 0 fully saturated rings. The van der Waals surface area contributed by atoms with Crippen molar-refractivity contribution in [1.82, 2.24) is 4.98 Å². The number of carboxylic acid groups (broad SMARTS) is 1. The van der Waals surface area contributed by atoms with Gasteiger partial charge in [-0.1, -0.05) is 6.07 Å². The van der Waals surface area contributed by atoms with Crippen molar-refractivity contribution in [3.8, 4) is 5.75 Å². The first-order valence-electron chi connectivity index (χ1n) is 9.59. The molecule has 31 heavy (non-hydrogen) atoms. The Morgan fingerprint density at radius 3 is 2.52 bits per heavy atom. The molecule has 0 saturated carbocycles. The molecule has 0 atom stereocenters. The van der Waals surface area contributed by atoms with Gasteiger partial charge in [0, 0.05) is 36.9 Å². The molecular formula is C24H20N2O5. The molecule has 7 nitrogen and oxygen atoms in total. The molecule has 0 unspecified atom stereocenters. The average Bonchev–Trinajstić information content (AvgIpc) is 3.24. The summed E-state index contributed by atoms with van der Waals surface area (Å²) >= 11 is 0. The van der Waals surface area contributed by atoms with Crippen LogP contribution in [0.3, 0.4) is 0 Å². The highest BCUT2D eigenvalue weighted by Gasteiger charge is 2.20. The molecule has 0 aliphatic rings. The summed E-state index contributed by atoms with van der Waals surface area (Å²) in [6, 6.07) is 15.8. The first kappa shape index (κ1) is 20.2. The van der Waals surface area contributed by atoms with Crippen molar-refractivity contribution in [2.45, 2.75) is 13.5 Å². The molecule has 4 rings (SSSR count). The van der Waals surface area contributed by atoms with Crippen LogP contribution in [0.1, 0.15) is 33.4 Å². The molecule has 1 N–H and O–H groups in total. The summed E-state index contributed by atoms with van der Waals surface area (Å²) in [6.45, 7) is 1.92. The van der Waals surface area contributed by atoms with Crippen molar-refractivity contribution >= 4 is 34.1 Å². The maximum absolute atomic E-state index is 11.9. The number of benzene rings is 2. The van der Waals surface area contributed by atoms with Crippen molar-refractivity contribution in [3.05, 3.63) is 83.9 Å². The third-order valence-corrected chi connectivity index (χ3v) is 4.97. The fourth-order valence-electron chi connectivity index (χ4n) is 3.43. The molecule has 0 bridgehead atoms. The number of carbonyl (C=O) groups excluding carboxylic acids is 1. The summed E-state index contributed by atoms with van der Waals surface area (Å²) in [6.07, 6.45) is 3.48. The molecule has 156 valence electrons. The van der Waals surface area contributed by atoms with Crippen molar-refractivity contribution < 1.29 is 23.8 Å². The second-order valence-corrected chi connectivity index (χ2v) is 7.00. The number of pyridine rings is 1. The number of aromatic nitrogens is 1. The topological polar surface area (TPSA) is 92.9 Å². The van der Waals surface area contributed by atoms with Crippen molar-refractivity contribution in [2.75, 3.05) is 12.0 Å². The third kappa shape index (κ3) is 3.98. The lowest BCUT2D eigenvalue weighted by molar-refractivity contribution is 0.0696. The second-order valence-electron chi connectivity index (χ2n) is 7.00. The van der Waals surface area contributed by atoms with E-state index in [2.05, 4.69) is 4.98 Å². The predicted octanol–water partition coefficient (Wildman–Crippen LogP) is 5.08. The normalized spacial score (nSPS) is 10.8. The number of furan rings is 1. The quantitative estimate of drug-likeness (QED) is 0.420. The van der Waals surface area contributed by atoms with E-state index in [0.717, 1.165) is 22.3 Å². The molecule has 0 aliphatic heterocycles. The Bertz CT molecular complexity index is 1250. The molecule has 0 radical (unpaired) electrons. The Balaban J connectivity index is 1.89. The number of carbonyl (C=O) groups is 2. The van der Waals surface area contributed by atoms with E-state index in [1.54, 1.807) is 55.9 Å². The van der Waals surface area contributed by atoms with Gasteiger partial charge < -0.3 is 19.2 Å². The van der Waals surface area contributed by atoms with Crippen molar-refractivity contribution in [1.29, 1.82) is 0 Å². The minimum absolute atomic E-state index is 0.186. The molecule has 0 saturated heterocycles. The summed E-state index contributed by atoms with van der Waals surface area (Å²) in [5, 5.41) is 9.96. The third-order valence-electron chi connectivity index (χ3n) is 4.97. The van der Waals surface area contributed by atoms with Crippen LogP contribution in [-0.4, -0.2) is 29.0 Å². The largest absolute Gasteiger partial charge is 0.493 e. The number of carboxylic acids is 1. The number of hydrogen-bond acceptors (Lipinski definition) is 6. The van der Waals surface area contributed by atoms with E-state index in [1.807, 2.05) is 23.1 Å². The minimum atomic E-state index is -0.988. The Labute approximate surface area is 178 Å². The van der Waals surface area contributed by atoms with Crippen LogP contribution in [0.5, 0.6) is 5.75 Å². The van der Waals surface area contributed by atoms with Crippen LogP contribution in [0.2, 0.25) is 0 Å². The van der Waals surface area contributed by atoms with Gasteiger partial charge in [0.1, 0.15) is 0 Å². The number of fused-ring (bicyclic) bond motifs is 1. The van der Waals surface area contributed by atoms with Gasteiger partial charge in [-0.15, -0.1) is 0 Å². The Morgan fingerprint density at radius 1 is 1.13 bits per heavy atom. The zero-order valence-corrected chi connectivity index (χ0v) is 17.0. The lowest BCUT2D eigenvalue weighted by atomic mass is 10.1. The van der Waals surface area contributed by atoms with E-state index in [4.69, 9.17) is 9.15 Å². The lowest BCUT2D eigenvalue weighted by Gasteiger charge is -2.26. The number of ketones is 1. The number of Topliss-reactive ketones (excluding diaryl/α,β-unsaturated/α-hetero) is 1. The van der Waals surface area contributed by atoms with Gasteiger partial charge in [-0.3, -0.25) is 9.78 Å². The van der Waals surface area contributed by atoms with Gasteiger partial charge >= 0.3 is 5.97 Å². The number of nitrogens with zero attached hydrogens (tertiary/aromatic N) is 2. The zero-order chi connectivity index (χ0) is 22.0. The molecule has 0 aliphatic carbocycles. The smallest absolute Gasteiger partial charge is 0.335 e. The van der Waals surface area contributed by atoms with E-state index < -0.39 is 5.97 Å². The maximum atomic E-state index is 11.9. The molecule has 0 amide bonds. The van der Waals surface area contributed by atoms with Gasteiger partial charge in [-0.2, -0.15) is 0 Å². The summed E-state index contributed by atoms with van der Waals surface area (Å²) in [5.41, 5.74) is 3.21. The first-order chi connectivity index (χ1) is 15.0. The van der Waals surface area contributed by atoms with Crippen molar-refractivity contribution in [2.24, 2.45) is 0 Å². The molecule has 4 aromatic rings. The number of rotatable bonds is 7. The van der Waals surface area contributed by atoms with Crippen LogP contribution in [0.4, 0.5) is 11.4 Å². The van der Waals surface area contributed by atoms with Crippen LogP contribution in [0.25, 0.3) is 11.0 Å². The van der Waals surface area contributed by atoms with Crippen LogP contribution >= 0.6 is 0 Å². The van der Waals surface area contributed by atoms with Crippen LogP contribution in [-0.2, 0) is 6.54 Å². The molecule has 0 spiro atoms.